The van der Waals surface area contributed by atoms with Crippen molar-refractivity contribution in [3.63, 3.8) is 0 Å². The van der Waals surface area contributed by atoms with E-state index < -0.39 is 0 Å². The molecule has 0 aliphatic carbocycles. The average molecular weight is 435 g/mol. The molecule has 0 radical (unpaired) electrons. The van der Waals surface area contributed by atoms with Gasteiger partial charge in [-0.2, -0.15) is 0 Å². The summed E-state index contributed by atoms with van der Waals surface area (Å²) >= 11 is 0. The minimum atomic E-state index is -0.348. The van der Waals surface area contributed by atoms with Crippen LogP contribution in [0.3, 0.4) is 0 Å². The minimum Gasteiger partial charge on any atom is -0.147 e. The highest BCUT2D eigenvalue weighted by atomic mass is 35.5. The molecule has 0 bridgehead atoms. The van der Waals surface area contributed by atoms with E-state index in [1.807, 2.05) is 0 Å². The Labute approximate surface area is 182 Å². The van der Waals surface area contributed by atoms with Crippen molar-refractivity contribution in [3.05, 3.63) is 121 Å². The maximum Gasteiger partial charge on any atom is -0.0195 e. The third-order valence-electron chi connectivity index (χ3n) is 4.82. The molecule has 29 heavy (non-hydrogen) atoms. The second-order valence-corrected chi connectivity index (χ2v) is 11.3. The van der Waals surface area contributed by atoms with Crippen LogP contribution in [0.1, 0.15) is 0 Å². The SMILES string of the molecule is Cl.c1ccc(P(CCP(c2ccccc2)c2ccccc2)c2ccccc2)cc1. The molecule has 0 heterocycles. The van der Waals surface area contributed by atoms with Gasteiger partial charge in [0.2, 0.25) is 0 Å². The van der Waals surface area contributed by atoms with Crippen molar-refractivity contribution >= 4 is 49.5 Å². The average Bonchev–Trinajstić information content (AvgIpc) is 2.79. The number of rotatable bonds is 7. The molecule has 3 heteroatoms. The zero-order chi connectivity index (χ0) is 19.0. The number of hydrogen-bond acceptors (Lipinski definition) is 0. The summed E-state index contributed by atoms with van der Waals surface area (Å²) in [4.78, 5) is 0. The highest BCUT2D eigenvalue weighted by Gasteiger charge is 2.18. The smallest absolute Gasteiger partial charge is 0.0195 e. The van der Waals surface area contributed by atoms with Gasteiger partial charge in [0.15, 0.2) is 0 Å². The summed E-state index contributed by atoms with van der Waals surface area (Å²) < 4.78 is 0. The summed E-state index contributed by atoms with van der Waals surface area (Å²) in [5, 5.41) is 5.89. The van der Waals surface area contributed by atoms with E-state index in [9.17, 15) is 0 Å². The molecule has 0 saturated carbocycles. The molecule has 4 aromatic carbocycles. The van der Waals surface area contributed by atoms with E-state index >= 15 is 0 Å². The first-order valence-corrected chi connectivity index (χ1v) is 12.7. The van der Waals surface area contributed by atoms with Crippen molar-refractivity contribution in [2.75, 3.05) is 12.3 Å². The maximum atomic E-state index is 2.30. The zero-order valence-electron chi connectivity index (χ0n) is 16.3. The molecule has 0 saturated heterocycles. The molecule has 0 amide bonds. The second-order valence-electron chi connectivity index (χ2n) is 6.65. The van der Waals surface area contributed by atoms with Crippen LogP contribution in [0.5, 0.6) is 0 Å². The van der Waals surface area contributed by atoms with Crippen LogP contribution >= 0.6 is 28.3 Å². The predicted octanol–water partition coefficient (Wildman–Crippen LogP) is 5.67. The summed E-state index contributed by atoms with van der Waals surface area (Å²) in [6.07, 6.45) is 2.41. The van der Waals surface area contributed by atoms with Crippen LogP contribution in [0.4, 0.5) is 0 Å². The molecule has 0 fully saturated rings. The quantitative estimate of drug-likeness (QED) is 0.328. The Morgan fingerprint density at radius 2 is 0.552 bits per heavy atom. The lowest BCUT2D eigenvalue weighted by Crippen LogP contribution is -2.19. The summed E-state index contributed by atoms with van der Waals surface area (Å²) in [6.45, 7) is 0. The third kappa shape index (κ3) is 5.77. The number of hydrogen-bond donors (Lipinski definition) is 0. The van der Waals surface area contributed by atoms with Gasteiger partial charge in [0.05, 0.1) is 0 Å². The van der Waals surface area contributed by atoms with Gasteiger partial charge in [-0.1, -0.05) is 121 Å². The van der Waals surface area contributed by atoms with E-state index in [4.69, 9.17) is 0 Å². The monoisotopic (exact) mass is 434 g/mol. The third-order valence-corrected chi connectivity index (χ3v) is 10.2. The molecule has 0 N–H and O–H groups in total. The summed E-state index contributed by atoms with van der Waals surface area (Å²) in [5.74, 6) is 0. The minimum absolute atomic E-state index is 0. The van der Waals surface area contributed by atoms with E-state index in [0.717, 1.165) is 0 Å². The van der Waals surface area contributed by atoms with Crippen molar-refractivity contribution in [2.24, 2.45) is 0 Å². The first-order chi connectivity index (χ1) is 13.9. The van der Waals surface area contributed by atoms with Crippen LogP contribution in [0.15, 0.2) is 121 Å². The van der Waals surface area contributed by atoms with E-state index in [2.05, 4.69) is 121 Å². The Kier molecular flexibility index (Phi) is 8.45. The highest BCUT2D eigenvalue weighted by Crippen LogP contribution is 2.41. The lowest BCUT2D eigenvalue weighted by Gasteiger charge is -2.24. The van der Waals surface area contributed by atoms with Gasteiger partial charge >= 0.3 is 0 Å². The molecule has 0 nitrogen and oxygen atoms in total. The molecule has 0 aliphatic heterocycles. The fourth-order valence-electron chi connectivity index (χ4n) is 3.45. The Morgan fingerprint density at radius 1 is 0.345 bits per heavy atom. The van der Waals surface area contributed by atoms with E-state index in [1.165, 1.54) is 33.5 Å². The van der Waals surface area contributed by atoms with E-state index in [-0.39, 0.29) is 28.3 Å². The normalized spacial score (nSPS) is 10.7. The van der Waals surface area contributed by atoms with Crippen molar-refractivity contribution in [3.8, 4) is 0 Å². The van der Waals surface area contributed by atoms with Crippen molar-refractivity contribution in [1.29, 1.82) is 0 Å². The largest absolute Gasteiger partial charge is 0.147 e. The zero-order valence-corrected chi connectivity index (χ0v) is 18.9. The van der Waals surface area contributed by atoms with Crippen LogP contribution < -0.4 is 21.2 Å². The fourth-order valence-corrected chi connectivity index (χ4v) is 8.80. The van der Waals surface area contributed by atoms with Crippen molar-refractivity contribution in [1.82, 2.24) is 0 Å². The van der Waals surface area contributed by atoms with Gasteiger partial charge in [0.1, 0.15) is 0 Å². The summed E-state index contributed by atoms with van der Waals surface area (Å²) in [5.41, 5.74) is 0. The first-order valence-electron chi connectivity index (χ1n) is 9.67. The Bertz CT molecular complexity index is 798. The molecule has 0 spiro atoms. The number of halogens is 1. The molecule has 146 valence electrons. The second kappa shape index (κ2) is 11.3. The van der Waals surface area contributed by atoms with Crippen LogP contribution in [0.25, 0.3) is 0 Å². The fraction of sp³-hybridized carbons (Fsp3) is 0.0769. The standard InChI is InChI=1S/C26H24P2.ClH/c1-5-13-23(14-6-1)27(24-15-7-2-8-16-24)21-22-28(25-17-9-3-10-18-25)26-19-11-4-12-20-26;/h1-20H,21-22H2;1H. The first kappa shape index (κ1) is 21.7. The lowest BCUT2D eigenvalue weighted by atomic mass is 10.4. The molecule has 0 aliphatic rings. The van der Waals surface area contributed by atoms with Gasteiger partial charge in [-0.15, -0.1) is 12.4 Å². The molecule has 0 aromatic heterocycles. The van der Waals surface area contributed by atoms with Crippen LogP contribution in [0.2, 0.25) is 0 Å². The Morgan fingerprint density at radius 3 is 0.759 bits per heavy atom. The van der Waals surface area contributed by atoms with Gasteiger partial charge in [-0.3, -0.25) is 0 Å². The van der Waals surface area contributed by atoms with Gasteiger partial charge in [-0.25, -0.2) is 0 Å². The number of benzene rings is 4. The molecule has 4 rings (SSSR count). The highest BCUT2D eigenvalue weighted by molar-refractivity contribution is 7.76. The molecular weight excluding hydrogens is 410 g/mol. The summed E-state index contributed by atoms with van der Waals surface area (Å²) in [7, 11) is -0.696. The van der Waals surface area contributed by atoms with E-state index in [1.54, 1.807) is 0 Å². The van der Waals surface area contributed by atoms with Crippen molar-refractivity contribution in [2.45, 2.75) is 0 Å². The van der Waals surface area contributed by atoms with Gasteiger partial charge in [-0.05, 0) is 49.4 Å². The Balaban J connectivity index is 0.00000240. The molecule has 0 unspecified atom stereocenters. The molecule has 4 aromatic rings. The Hall–Kier alpha value is -1.97. The van der Waals surface area contributed by atoms with Crippen molar-refractivity contribution < 1.29 is 0 Å². The summed E-state index contributed by atoms with van der Waals surface area (Å²) in [6, 6.07) is 44.2. The van der Waals surface area contributed by atoms with E-state index in [0.29, 0.717) is 0 Å². The molecule has 0 atom stereocenters. The van der Waals surface area contributed by atoms with Crippen LogP contribution in [-0.2, 0) is 0 Å². The lowest BCUT2D eigenvalue weighted by molar-refractivity contribution is 1.51. The maximum absolute atomic E-state index is 2.30. The topological polar surface area (TPSA) is 0 Å². The van der Waals surface area contributed by atoms with Gasteiger partial charge < -0.3 is 0 Å². The molecular formula is C26H25ClP2. The predicted molar refractivity (Wildman–Crippen MR) is 135 cm³/mol. The van der Waals surface area contributed by atoms with Crippen LogP contribution in [-0.4, -0.2) is 12.3 Å². The van der Waals surface area contributed by atoms with Crippen LogP contribution in [0, 0.1) is 0 Å². The van der Waals surface area contributed by atoms with Gasteiger partial charge in [0, 0.05) is 0 Å². The van der Waals surface area contributed by atoms with Gasteiger partial charge in [0.25, 0.3) is 0 Å².